The number of rotatable bonds is 10. The Labute approximate surface area is 115 Å². The Balaban J connectivity index is 3.74. The van der Waals surface area contributed by atoms with Crippen molar-refractivity contribution in [1.29, 1.82) is 0 Å². The molecular formula is C16H35N2. The number of nitrogens with one attached hydrogen (secondary N) is 2. The zero-order chi connectivity index (χ0) is 14.2. The second-order valence-electron chi connectivity index (χ2n) is 6.38. The van der Waals surface area contributed by atoms with Gasteiger partial charge in [-0.15, -0.1) is 0 Å². The van der Waals surface area contributed by atoms with Crippen molar-refractivity contribution in [3.63, 3.8) is 0 Å². The minimum atomic E-state index is 0.217. The molecule has 0 fully saturated rings. The third-order valence-electron chi connectivity index (χ3n) is 4.37. The summed E-state index contributed by atoms with van der Waals surface area (Å²) in [5.41, 5.74) is 0.217. The highest BCUT2D eigenvalue weighted by molar-refractivity contribution is 4.82. The molecule has 0 amide bonds. The van der Waals surface area contributed by atoms with Crippen LogP contribution in [0.25, 0.3) is 0 Å². The van der Waals surface area contributed by atoms with Crippen molar-refractivity contribution in [3.8, 4) is 0 Å². The summed E-state index contributed by atoms with van der Waals surface area (Å²) >= 11 is 0. The molecule has 0 spiro atoms. The molecule has 2 N–H and O–H groups in total. The molecule has 0 aliphatic carbocycles. The first kappa shape index (κ1) is 17.9. The predicted octanol–water partition coefficient (Wildman–Crippen LogP) is 3.63. The van der Waals surface area contributed by atoms with Crippen LogP contribution in [-0.2, 0) is 0 Å². The van der Waals surface area contributed by atoms with Gasteiger partial charge in [0.1, 0.15) is 0 Å². The fourth-order valence-corrected chi connectivity index (χ4v) is 1.79. The zero-order valence-corrected chi connectivity index (χ0v) is 13.5. The van der Waals surface area contributed by atoms with E-state index < -0.39 is 0 Å². The summed E-state index contributed by atoms with van der Waals surface area (Å²) in [6.07, 6.45) is 3.61. The highest BCUT2D eigenvalue weighted by atomic mass is 15.0. The summed E-state index contributed by atoms with van der Waals surface area (Å²) in [5.74, 6) is 1.45. The Hall–Kier alpha value is -0.0800. The van der Waals surface area contributed by atoms with Gasteiger partial charge in [-0.05, 0) is 52.1 Å². The zero-order valence-electron chi connectivity index (χ0n) is 13.5. The van der Waals surface area contributed by atoms with Gasteiger partial charge in [-0.25, -0.2) is 0 Å². The maximum absolute atomic E-state index is 4.19. The first-order valence-electron chi connectivity index (χ1n) is 7.64. The van der Waals surface area contributed by atoms with Crippen molar-refractivity contribution < 1.29 is 0 Å². The van der Waals surface area contributed by atoms with E-state index in [-0.39, 0.29) is 5.54 Å². The molecule has 0 rings (SSSR count). The van der Waals surface area contributed by atoms with E-state index in [9.17, 15) is 0 Å². The lowest BCUT2D eigenvalue weighted by Gasteiger charge is -2.31. The number of hydrogen-bond acceptors (Lipinski definition) is 2. The molecule has 0 aromatic carbocycles. The molecule has 1 radical (unpaired) electrons. The summed E-state index contributed by atoms with van der Waals surface area (Å²) in [5, 5.41) is 7.17. The summed E-state index contributed by atoms with van der Waals surface area (Å²) < 4.78 is 0. The molecule has 1 unspecified atom stereocenters. The van der Waals surface area contributed by atoms with Crippen LogP contribution in [0.15, 0.2) is 0 Å². The van der Waals surface area contributed by atoms with Crippen molar-refractivity contribution >= 4 is 0 Å². The summed E-state index contributed by atoms with van der Waals surface area (Å²) in [7, 11) is 0. The first-order chi connectivity index (χ1) is 8.33. The van der Waals surface area contributed by atoms with Crippen LogP contribution in [-0.4, -0.2) is 24.7 Å². The molecule has 0 bridgehead atoms. The highest BCUT2D eigenvalue weighted by Gasteiger charge is 2.20. The van der Waals surface area contributed by atoms with Gasteiger partial charge in [0, 0.05) is 11.6 Å². The molecule has 0 aromatic heterocycles. The molecule has 0 heterocycles. The van der Waals surface area contributed by atoms with Crippen LogP contribution in [0.2, 0.25) is 0 Å². The minimum Gasteiger partial charge on any atom is -0.314 e. The largest absolute Gasteiger partial charge is 0.314 e. The van der Waals surface area contributed by atoms with Crippen LogP contribution in [0.5, 0.6) is 0 Å². The summed E-state index contributed by atoms with van der Waals surface area (Å²) in [6.45, 7) is 19.9. The Morgan fingerprint density at radius 2 is 1.67 bits per heavy atom. The monoisotopic (exact) mass is 255 g/mol. The Bertz CT molecular complexity index is 195. The smallest absolute Gasteiger partial charge is 0.0148 e. The van der Waals surface area contributed by atoms with E-state index in [0.717, 1.165) is 25.4 Å². The fourth-order valence-electron chi connectivity index (χ4n) is 1.79. The molecule has 109 valence electrons. The molecule has 0 aromatic rings. The van der Waals surface area contributed by atoms with Crippen molar-refractivity contribution in [3.05, 3.63) is 6.92 Å². The van der Waals surface area contributed by atoms with Crippen LogP contribution in [0.1, 0.15) is 60.8 Å². The lowest BCUT2D eigenvalue weighted by molar-refractivity contribution is 0.282. The second-order valence-corrected chi connectivity index (χ2v) is 6.38. The van der Waals surface area contributed by atoms with E-state index in [1.807, 2.05) is 0 Å². The van der Waals surface area contributed by atoms with Crippen LogP contribution in [0.4, 0.5) is 0 Å². The molecule has 0 aliphatic rings. The maximum Gasteiger partial charge on any atom is 0.0148 e. The van der Waals surface area contributed by atoms with Gasteiger partial charge in [0.25, 0.3) is 0 Å². The molecule has 0 saturated heterocycles. The highest BCUT2D eigenvalue weighted by Crippen LogP contribution is 2.14. The van der Waals surface area contributed by atoms with Crippen LogP contribution >= 0.6 is 0 Å². The van der Waals surface area contributed by atoms with Crippen molar-refractivity contribution in [1.82, 2.24) is 10.6 Å². The van der Waals surface area contributed by atoms with Crippen LogP contribution < -0.4 is 10.6 Å². The molecule has 18 heavy (non-hydrogen) atoms. The summed E-state index contributed by atoms with van der Waals surface area (Å²) in [6, 6.07) is 0.362. The summed E-state index contributed by atoms with van der Waals surface area (Å²) in [4.78, 5) is 0. The Kier molecular flexibility index (Phi) is 8.89. The van der Waals surface area contributed by atoms with Gasteiger partial charge in [-0.1, -0.05) is 40.5 Å². The molecule has 1 atom stereocenters. The van der Waals surface area contributed by atoms with Crippen LogP contribution in [0, 0.1) is 18.8 Å². The lowest BCUT2D eigenvalue weighted by atomic mass is 9.90. The average Bonchev–Trinajstić information content (AvgIpc) is 2.29. The first-order valence-corrected chi connectivity index (χ1v) is 7.64. The average molecular weight is 255 g/mol. The Morgan fingerprint density at radius 1 is 1.11 bits per heavy atom. The lowest BCUT2D eigenvalue weighted by Crippen LogP contribution is -2.45. The molecule has 0 saturated carbocycles. The normalized spacial score (nSPS) is 14.5. The van der Waals surface area contributed by atoms with Gasteiger partial charge in [-0.2, -0.15) is 0 Å². The van der Waals surface area contributed by atoms with Crippen LogP contribution in [0.3, 0.4) is 0 Å². The third kappa shape index (κ3) is 7.38. The molecular weight excluding hydrogens is 220 g/mol. The minimum absolute atomic E-state index is 0.217. The molecule has 0 aliphatic heterocycles. The standard InChI is InChI=1S/C16H35N2/c1-8-15(9-2)12-17-14(5)10-11-18-16(6,7)13(3)4/h13-15,17-18H,5,8-12H2,1-4,6-7H3. The van der Waals surface area contributed by atoms with E-state index in [1.54, 1.807) is 0 Å². The van der Waals surface area contributed by atoms with E-state index in [4.69, 9.17) is 0 Å². The van der Waals surface area contributed by atoms with Gasteiger partial charge in [0.05, 0.1) is 0 Å². The topological polar surface area (TPSA) is 24.1 Å². The Morgan fingerprint density at radius 3 is 2.11 bits per heavy atom. The van der Waals surface area contributed by atoms with Crippen molar-refractivity contribution in [2.24, 2.45) is 11.8 Å². The second kappa shape index (κ2) is 8.92. The van der Waals surface area contributed by atoms with Gasteiger partial charge in [-0.3, -0.25) is 0 Å². The van der Waals surface area contributed by atoms with E-state index in [2.05, 4.69) is 59.1 Å². The number of hydrogen-bond donors (Lipinski definition) is 2. The van der Waals surface area contributed by atoms with E-state index in [1.165, 1.54) is 12.8 Å². The van der Waals surface area contributed by atoms with Crippen molar-refractivity contribution in [2.75, 3.05) is 13.1 Å². The van der Waals surface area contributed by atoms with Gasteiger partial charge in [0.2, 0.25) is 0 Å². The van der Waals surface area contributed by atoms with E-state index in [0.29, 0.717) is 12.0 Å². The quantitative estimate of drug-likeness (QED) is 0.623. The van der Waals surface area contributed by atoms with Crippen molar-refractivity contribution in [2.45, 2.75) is 72.4 Å². The third-order valence-corrected chi connectivity index (χ3v) is 4.37. The van der Waals surface area contributed by atoms with E-state index >= 15 is 0 Å². The molecule has 2 nitrogen and oxygen atoms in total. The van der Waals surface area contributed by atoms with Gasteiger partial charge >= 0.3 is 0 Å². The SMILES string of the molecule is [CH2]C(CCNC(C)(C)C(C)C)NCC(CC)CC. The van der Waals surface area contributed by atoms with Gasteiger partial charge in [0.15, 0.2) is 0 Å². The fraction of sp³-hybridized carbons (Fsp3) is 0.938. The molecule has 2 heteroatoms. The maximum atomic E-state index is 4.19. The van der Waals surface area contributed by atoms with Gasteiger partial charge < -0.3 is 10.6 Å². The predicted molar refractivity (Wildman–Crippen MR) is 82.8 cm³/mol.